The van der Waals surface area contributed by atoms with Crippen LogP contribution >= 0.6 is 11.6 Å². The number of aromatic nitrogens is 2. The summed E-state index contributed by atoms with van der Waals surface area (Å²) in [5, 5.41) is 3.34. The normalized spacial score (nSPS) is 20.0. The number of halogens is 2. The van der Waals surface area contributed by atoms with Crippen molar-refractivity contribution < 1.29 is 17.6 Å². The van der Waals surface area contributed by atoms with E-state index in [-0.39, 0.29) is 46.4 Å². The van der Waals surface area contributed by atoms with Gasteiger partial charge in [-0.3, -0.25) is 9.52 Å². The largest absolute Gasteiger partial charge is 0.379 e. The summed E-state index contributed by atoms with van der Waals surface area (Å²) in [6.07, 6.45) is 4.72. The molecule has 4 rings (SSSR count). The van der Waals surface area contributed by atoms with Crippen LogP contribution in [-0.4, -0.2) is 54.4 Å². The summed E-state index contributed by atoms with van der Waals surface area (Å²) in [6, 6.07) is 10.6. The fourth-order valence-corrected chi connectivity index (χ4v) is 6.62. The summed E-state index contributed by atoms with van der Waals surface area (Å²) in [6.45, 7) is 5.86. The molecule has 0 bridgehead atoms. The van der Waals surface area contributed by atoms with E-state index in [1.807, 2.05) is 19.9 Å². The minimum absolute atomic E-state index is 0.00162. The molecule has 0 radical (unpaired) electrons. The predicted octanol–water partition coefficient (Wildman–Crippen LogP) is 4.94. The van der Waals surface area contributed by atoms with E-state index < -0.39 is 26.8 Å². The first-order valence-corrected chi connectivity index (χ1v) is 15.4. The van der Waals surface area contributed by atoms with E-state index in [0.29, 0.717) is 12.8 Å². The lowest BCUT2D eigenvalue weighted by Crippen LogP contribution is -2.55. The molecule has 1 amide bonds. The first-order valence-electron chi connectivity index (χ1n) is 13.5. The lowest BCUT2D eigenvalue weighted by molar-refractivity contribution is -0.135. The molecule has 1 aromatic heterocycles. The zero-order valence-corrected chi connectivity index (χ0v) is 25.1. The molecular formula is C29H36ClFN6O3S. The average Bonchev–Trinajstić information content (AvgIpc) is 2.94. The van der Waals surface area contributed by atoms with Crippen molar-refractivity contribution in [2.45, 2.75) is 69.0 Å². The van der Waals surface area contributed by atoms with Gasteiger partial charge in [0.05, 0.1) is 22.8 Å². The number of likely N-dealkylation sites (N-methyl/N-ethyl adjacent to an activating group) is 1. The number of benzene rings is 2. The van der Waals surface area contributed by atoms with E-state index >= 15 is 4.39 Å². The Morgan fingerprint density at radius 2 is 1.95 bits per heavy atom. The van der Waals surface area contributed by atoms with Crippen LogP contribution in [0.2, 0.25) is 5.02 Å². The predicted molar refractivity (Wildman–Crippen MR) is 159 cm³/mol. The smallest absolute Gasteiger partial charge is 0.266 e. The molecule has 1 heterocycles. The Kier molecular flexibility index (Phi) is 9.51. The van der Waals surface area contributed by atoms with Crippen molar-refractivity contribution in [1.82, 2.24) is 14.9 Å². The molecule has 0 aliphatic heterocycles. The van der Waals surface area contributed by atoms with E-state index in [1.165, 1.54) is 24.2 Å². The first-order chi connectivity index (χ1) is 19.4. The van der Waals surface area contributed by atoms with E-state index in [4.69, 9.17) is 17.3 Å². The van der Waals surface area contributed by atoms with Gasteiger partial charge in [-0.1, -0.05) is 55.3 Å². The molecule has 1 aliphatic carbocycles. The van der Waals surface area contributed by atoms with Crippen molar-refractivity contribution in [3.63, 3.8) is 0 Å². The average molecular weight is 603 g/mol. The zero-order valence-electron chi connectivity index (χ0n) is 23.5. The second kappa shape index (κ2) is 12.7. The summed E-state index contributed by atoms with van der Waals surface area (Å²) >= 11 is 6.51. The number of rotatable bonds is 9. The van der Waals surface area contributed by atoms with Gasteiger partial charge in [0.15, 0.2) is 0 Å². The molecule has 41 heavy (non-hydrogen) atoms. The molecular weight excluding hydrogens is 567 g/mol. The number of hydrogen-bond donors (Lipinski definition) is 3. The summed E-state index contributed by atoms with van der Waals surface area (Å²) in [7, 11) is -2.56. The maximum Gasteiger partial charge on any atom is 0.266 e. The number of nitrogens with zero attached hydrogens (tertiary/aromatic N) is 3. The molecule has 0 spiro atoms. The summed E-state index contributed by atoms with van der Waals surface area (Å²) in [5.41, 5.74) is 8.84. The van der Waals surface area contributed by atoms with Gasteiger partial charge in [-0.05, 0) is 61.8 Å². The minimum atomic E-state index is -4.31. The van der Waals surface area contributed by atoms with Crippen LogP contribution in [0.5, 0.6) is 0 Å². The molecule has 2 aromatic carbocycles. The fraction of sp³-hybridized carbons (Fsp3) is 0.414. The maximum absolute atomic E-state index is 15.3. The number of sulfonamides is 1. The van der Waals surface area contributed by atoms with Gasteiger partial charge in [0, 0.05) is 19.3 Å². The lowest BCUT2D eigenvalue weighted by Gasteiger charge is -2.43. The summed E-state index contributed by atoms with van der Waals surface area (Å²) in [4.78, 5) is 22.0. The SMILES string of the molecule is Cc1cccc([C@H]2CC[C@H](Nc3cc(F)c(S(=O)(=O)Nc4ccncn4)cc3Cl)[C@@H](N(C)C(=O)[C@@H](N)C(C)C)C2)c1. The molecule has 9 nitrogen and oxygen atoms in total. The third-order valence-corrected chi connectivity index (χ3v) is 9.33. The van der Waals surface area contributed by atoms with Gasteiger partial charge < -0.3 is 16.0 Å². The number of nitrogens with two attached hydrogens (primary N) is 1. The second-order valence-electron chi connectivity index (χ2n) is 10.9. The Morgan fingerprint density at radius 3 is 2.61 bits per heavy atom. The highest BCUT2D eigenvalue weighted by atomic mass is 35.5. The molecule has 12 heteroatoms. The van der Waals surface area contributed by atoms with E-state index in [0.717, 1.165) is 24.1 Å². The molecule has 1 aliphatic rings. The highest BCUT2D eigenvalue weighted by molar-refractivity contribution is 7.92. The minimum Gasteiger partial charge on any atom is -0.379 e. The number of anilines is 2. The van der Waals surface area contributed by atoms with Crippen molar-refractivity contribution in [3.05, 3.63) is 77.0 Å². The van der Waals surface area contributed by atoms with Crippen molar-refractivity contribution >= 4 is 39.0 Å². The lowest BCUT2D eigenvalue weighted by atomic mass is 9.77. The van der Waals surface area contributed by atoms with Crippen LogP contribution in [0.3, 0.4) is 0 Å². The van der Waals surface area contributed by atoms with Crippen molar-refractivity contribution in [3.8, 4) is 0 Å². The van der Waals surface area contributed by atoms with Gasteiger partial charge in [-0.25, -0.2) is 22.8 Å². The number of hydrogen-bond acceptors (Lipinski definition) is 7. The quantitative estimate of drug-likeness (QED) is 0.316. The Hall–Kier alpha value is -3.28. The molecule has 1 saturated carbocycles. The molecule has 220 valence electrons. The molecule has 4 N–H and O–H groups in total. The van der Waals surface area contributed by atoms with Crippen molar-refractivity contribution in [1.29, 1.82) is 0 Å². The number of carbonyl (C=O) groups excluding carboxylic acids is 1. The van der Waals surface area contributed by atoms with Crippen LogP contribution in [0.1, 0.15) is 50.2 Å². The molecule has 4 atom stereocenters. The highest BCUT2D eigenvalue weighted by Gasteiger charge is 2.38. The van der Waals surface area contributed by atoms with Crippen LogP contribution in [-0.2, 0) is 14.8 Å². The van der Waals surface area contributed by atoms with Gasteiger partial charge in [0.25, 0.3) is 10.0 Å². The third kappa shape index (κ3) is 7.14. The summed E-state index contributed by atoms with van der Waals surface area (Å²) in [5.74, 6) is -0.971. The number of amides is 1. The van der Waals surface area contributed by atoms with E-state index in [9.17, 15) is 13.2 Å². The van der Waals surface area contributed by atoms with Crippen molar-refractivity contribution in [2.24, 2.45) is 11.7 Å². The third-order valence-electron chi connectivity index (χ3n) is 7.65. The van der Waals surface area contributed by atoms with Gasteiger partial charge >= 0.3 is 0 Å². The summed E-state index contributed by atoms with van der Waals surface area (Å²) < 4.78 is 43.2. The van der Waals surface area contributed by atoms with Crippen LogP contribution in [0, 0.1) is 18.7 Å². The first kappa shape index (κ1) is 30.7. The maximum atomic E-state index is 15.3. The molecule has 0 unspecified atom stereocenters. The Morgan fingerprint density at radius 1 is 1.20 bits per heavy atom. The van der Waals surface area contributed by atoms with Crippen molar-refractivity contribution in [2.75, 3.05) is 17.1 Å². The van der Waals surface area contributed by atoms with E-state index in [2.05, 4.69) is 45.1 Å². The standard InChI is InChI=1S/C29H36ClFN6O3S/c1-17(2)28(32)29(38)37(4)25-13-20(19-7-5-6-18(3)12-19)8-9-23(25)35-24-15-22(31)26(14-21(24)30)41(39,40)36-27-10-11-33-16-34-27/h5-7,10-12,14-17,20,23,25,28,35H,8-9,13,32H2,1-4H3,(H,33,34,36)/t20-,23-,25-,28-/m0/s1. The van der Waals surface area contributed by atoms with Gasteiger partial charge in [0.2, 0.25) is 5.91 Å². The zero-order chi connectivity index (χ0) is 29.9. The fourth-order valence-electron chi connectivity index (χ4n) is 5.24. The van der Waals surface area contributed by atoms with E-state index in [1.54, 1.807) is 11.9 Å². The Labute approximate surface area is 245 Å². The monoisotopic (exact) mass is 602 g/mol. The number of nitrogens with one attached hydrogen (secondary N) is 2. The van der Waals surface area contributed by atoms with Crippen LogP contribution in [0.15, 0.2) is 59.9 Å². The second-order valence-corrected chi connectivity index (χ2v) is 13.0. The van der Waals surface area contributed by atoms with Gasteiger partial charge in [-0.15, -0.1) is 0 Å². The molecule has 0 saturated heterocycles. The molecule has 1 fully saturated rings. The van der Waals surface area contributed by atoms with Gasteiger partial charge in [0.1, 0.15) is 22.9 Å². The van der Waals surface area contributed by atoms with Crippen LogP contribution in [0.25, 0.3) is 0 Å². The highest BCUT2D eigenvalue weighted by Crippen LogP contribution is 2.38. The van der Waals surface area contributed by atoms with Crippen LogP contribution in [0.4, 0.5) is 15.9 Å². The Bertz CT molecular complexity index is 1490. The number of aryl methyl sites for hydroxylation is 1. The topological polar surface area (TPSA) is 130 Å². The Balaban J connectivity index is 1.61. The van der Waals surface area contributed by atoms with Gasteiger partial charge in [-0.2, -0.15) is 0 Å². The number of carbonyl (C=O) groups is 1. The van der Waals surface area contributed by atoms with Crippen LogP contribution < -0.4 is 15.8 Å². The molecule has 3 aromatic rings.